The van der Waals surface area contributed by atoms with Gasteiger partial charge in [0.05, 0.1) is 18.8 Å². The third-order valence-corrected chi connectivity index (χ3v) is 25.9. The van der Waals surface area contributed by atoms with Crippen LogP contribution in [0.15, 0.2) is 218 Å². The van der Waals surface area contributed by atoms with Crippen LogP contribution in [0.3, 0.4) is 0 Å². The Morgan fingerprint density at radius 3 is 0.694 bits per heavy atom. The molecule has 13 atom stereocenters. The SMILES string of the molecule is CCC(C)c1ccc(O)cc1.CCC(C)c1ccc(O)cc1.CCC(C)c1ccc(O)cc1.CCC(C)c1ccc(OC(C)OC2CCCCC2)cc1.CCC(C)c1ccc(OC(C)OC2CCCCC2)cc1.CCC(C)c1ccc(OC2CCCCO2)cc1.CCC(C)c1ccc(OCOC)cc1.CCC(C)c1ccc(OCOC)cc1.CCOC(C)Oc1ccc(C(C)CC)cc1. The summed E-state index contributed by atoms with van der Waals surface area (Å²) in [5.41, 5.74) is 12.1. The van der Waals surface area contributed by atoms with E-state index in [4.69, 9.17) is 72.2 Å². The van der Waals surface area contributed by atoms with Crippen molar-refractivity contribution in [3.05, 3.63) is 268 Å². The number of benzene rings is 9. The van der Waals surface area contributed by atoms with Crippen LogP contribution in [-0.4, -0.2) is 93.7 Å². The molecule has 1 heterocycles. The summed E-state index contributed by atoms with van der Waals surface area (Å²) >= 11 is 0. The topological polar surface area (TPSA) is 171 Å². The Kier molecular flexibility index (Phi) is 61.0. The molecule has 15 nitrogen and oxygen atoms in total. The number of hydrogen-bond donors (Lipinski definition) is 3. The molecule has 3 fully saturated rings. The molecular weight excluding hydrogens is 1670 g/mol. The highest BCUT2D eigenvalue weighted by Crippen LogP contribution is 2.33. The fraction of sp³-hybridized carbons (Fsp3) is 0.546. The van der Waals surface area contributed by atoms with Crippen LogP contribution in [0.25, 0.3) is 0 Å². The lowest BCUT2D eigenvalue weighted by Gasteiger charge is -2.26. The van der Waals surface area contributed by atoms with Crippen molar-refractivity contribution >= 4 is 0 Å². The number of rotatable bonds is 38. The van der Waals surface area contributed by atoms with Gasteiger partial charge in [-0.1, -0.05) is 272 Å². The summed E-state index contributed by atoms with van der Waals surface area (Å²) in [4.78, 5) is 0. The average Bonchev–Trinajstić information content (AvgIpc) is 0.868. The first-order chi connectivity index (χ1) is 64.6. The minimum absolute atomic E-state index is 0.0433. The van der Waals surface area contributed by atoms with Crippen molar-refractivity contribution in [1.29, 1.82) is 0 Å². The summed E-state index contributed by atoms with van der Waals surface area (Å²) < 4.78 is 66.2. The summed E-state index contributed by atoms with van der Waals surface area (Å²) in [6, 6.07) is 72.3. The van der Waals surface area contributed by atoms with E-state index in [2.05, 4.69) is 234 Å². The molecule has 0 aromatic heterocycles. The van der Waals surface area contributed by atoms with Crippen LogP contribution in [0.2, 0.25) is 0 Å². The van der Waals surface area contributed by atoms with E-state index >= 15 is 0 Å². The van der Waals surface area contributed by atoms with Crippen molar-refractivity contribution in [1.82, 2.24) is 0 Å². The molecule has 1 saturated heterocycles. The van der Waals surface area contributed by atoms with Crippen LogP contribution in [0.5, 0.6) is 51.7 Å². The third kappa shape index (κ3) is 48.6. The Bertz CT molecular complexity index is 4020. The lowest BCUT2D eigenvalue weighted by molar-refractivity contribution is -0.117. The highest BCUT2D eigenvalue weighted by atomic mass is 16.7. The van der Waals surface area contributed by atoms with Gasteiger partial charge in [0, 0.05) is 27.2 Å². The zero-order valence-electron chi connectivity index (χ0n) is 87.1. The van der Waals surface area contributed by atoms with Gasteiger partial charge in [-0.25, -0.2) is 0 Å². The van der Waals surface area contributed by atoms with Crippen LogP contribution in [0.4, 0.5) is 0 Å². The molecule has 134 heavy (non-hydrogen) atoms. The van der Waals surface area contributed by atoms with E-state index in [1.54, 1.807) is 50.6 Å². The van der Waals surface area contributed by atoms with Crippen molar-refractivity contribution in [3.8, 4) is 51.7 Å². The van der Waals surface area contributed by atoms with Crippen molar-refractivity contribution in [2.45, 2.75) is 384 Å². The zero-order valence-corrected chi connectivity index (χ0v) is 87.1. The Labute approximate surface area is 812 Å². The van der Waals surface area contributed by atoms with Gasteiger partial charge >= 0.3 is 0 Å². The first-order valence-electron chi connectivity index (χ1n) is 51.0. The number of aromatic hydroxyl groups is 3. The molecule has 12 rings (SSSR count). The fourth-order valence-electron chi connectivity index (χ4n) is 14.9. The molecule has 9 aromatic carbocycles. The molecule has 0 radical (unpaired) electrons. The highest BCUT2D eigenvalue weighted by Gasteiger charge is 2.21. The van der Waals surface area contributed by atoms with E-state index in [1.807, 2.05) is 100 Å². The quantitative estimate of drug-likeness (QED) is 0.0312. The van der Waals surface area contributed by atoms with Crippen LogP contribution >= 0.6 is 0 Å². The van der Waals surface area contributed by atoms with Crippen LogP contribution in [0.1, 0.15) is 397 Å². The zero-order chi connectivity index (χ0) is 98.4. The molecule has 2 saturated carbocycles. The van der Waals surface area contributed by atoms with Crippen molar-refractivity contribution in [2.24, 2.45) is 0 Å². The van der Waals surface area contributed by atoms with Gasteiger partial charge in [0.15, 0.2) is 38.7 Å². The first kappa shape index (κ1) is 117. The maximum atomic E-state index is 9.01. The smallest absolute Gasteiger partial charge is 0.199 e. The first-order valence-corrected chi connectivity index (χ1v) is 51.0. The second kappa shape index (κ2) is 69.7. The molecule has 9 aromatic rings. The Morgan fingerprint density at radius 2 is 0.478 bits per heavy atom. The van der Waals surface area contributed by atoms with Crippen molar-refractivity contribution in [2.75, 3.05) is 41.0 Å². The molecule has 3 aliphatic rings. The van der Waals surface area contributed by atoms with Gasteiger partial charge in [-0.2, -0.15) is 0 Å². The van der Waals surface area contributed by atoms with Crippen molar-refractivity contribution < 1.29 is 72.2 Å². The van der Waals surface area contributed by atoms with Gasteiger partial charge in [-0.05, 0) is 337 Å². The lowest BCUT2D eigenvalue weighted by atomic mass is 9.98. The van der Waals surface area contributed by atoms with Gasteiger partial charge in [-0.15, -0.1) is 0 Å². The van der Waals surface area contributed by atoms with Crippen LogP contribution in [-0.2, 0) is 28.4 Å². The number of ether oxygens (including phenoxy) is 12. The van der Waals surface area contributed by atoms with Crippen LogP contribution < -0.4 is 28.4 Å². The molecule has 1 aliphatic heterocycles. The second-order valence-electron chi connectivity index (χ2n) is 36.3. The summed E-state index contributed by atoms with van der Waals surface area (Å²) in [6.07, 6.45) is 26.6. The molecule has 0 bridgehead atoms. The standard InChI is InChI=1S/2C18H28O2.C15H22O2.C14H22O2.2C12H18O2.3C10H14O/c2*1-4-14(2)16-10-12-18(13-11-16)20-15(3)19-17-8-6-5-7-9-17;1-3-12(2)13-7-9-14(10-8-13)17-15-6-4-5-11-16-15;1-5-11(3)13-7-9-14(10-8-13)16-12(4)15-6-2;2*1-4-10(2)11-5-7-12(8-6-11)14-9-13-3;3*1-3-8(2)9-4-6-10(11)7-5-9/h2*10-15,17H,4-9H2,1-3H3;7-10,12,15H,3-6,11H2,1-2H3;7-12H,5-6H2,1-4H3;2*5-8,10H,4,9H2,1-3H3;3*4-8,11H,3H2,1-2H3. The minimum atomic E-state index is -0.181. The fourth-order valence-corrected chi connectivity index (χ4v) is 14.9. The Morgan fingerprint density at radius 1 is 0.261 bits per heavy atom. The highest BCUT2D eigenvalue weighted by molar-refractivity contribution is 5.36. The van der Waals surface area contributed by atoms with Gasteiger partial charge in [-0.3, -0.25) is 0 Å². The molecule has 15 heteroatoms. The molecule has 2 aliphatic carbocycles. The van der Waals surface area contributed by atoms with Crippen molar-refractivity contribution in [3.63, 3.8) is 0 Å². The summed E-state index contributed by atoms with van der Waals surface area (Å²) in [6.45, 7) is 49.7. The number of hydrogen-bond acceptors (Lipinski definition) is 15. The Balaban J connectivity index is 0.000000318. The van der Waals surface area contributed by atoms with E-state index in [-0.39, 0.29) is 25.2 Å². The maximum absolute atomic E-state index is 9.01. The summed E-state index contributed by atoms with van der Waals surface area (Å²) in [7, 11) is 3.24. The largest absolute Gasteiger partial charge is 0.508 e. The van der Waals surface area contributed by atoms with Gasteiger partial charge in [0.25, 0.3) is 0 Å². The van der Waals surface area contributed by atoms with E-state index in [9.17, 15) is 0 Å². The molecule has 3 N–H and O–H groups in total. The van der Waals surface area contributed by atoms with Gasteiger partial charge in [0.2, 0.25) is 0 Å². The summed E-state index contributed by atoms with van der Waals surface area (Å²) in [5, 5.41) is 27.0. The number of phenols is 3. The van der Waals surface area contributed by atoms with E-state index in [0.29, 0.717) is 103 Å². The van der Waals surface area contributed by atoms with Crippen LogP contribution in [0, 0.1) is 0 Å². The molecule has 0 amide bonds. The number of methoxy groups -OCH3 is 2. The molecule has 0 spiro atoms. The molecule has 13 unspecified atom stereocenters. The second-order valence-corrected chi connectivity index (χ2v) is 36.3. The van der Waals surface area contributed by atoms with Gasteiger partial charge < -0.3 is 72.2 Å². The average molecular weight is 1850 g/mol. The Hall–Kier alpha value is -9.06. The predicted molar refractivity (Wildman–Crippen MR) is 558 cm³/mol. The predicted octanol–water partition coefficient (Wildman–Crippen LogP) is 33.7. The van der Waals surface area contributed by atoms with E-state index in [0.717, 1.165) is 92.5 Å². The molecule has 744 valence electrons. The minimum Gasteiger partial charge on any atom is -0.508 e. The third-order valence-electron chi connectivity index (χ3n) is 25.9. The lowest BCUT2D eigenvalue weighted by Crippen LogP contribution is -2.26. The normalized spacial score (nSPS) is 16.2. The van der Waals surface area contributed by atoms with Gasteiger partial charge in [0.1, 0.15) is 51.7 Å². The maximum Gasteiger partial charge on any atom is 0.199 e. The monoisotopic (exact) mass is 1850 g/mol. The number of phenolic OH excluding ortho intramolecular Hbond substituents is 3. The molecular formula is C119H178O15. The summed E-state index contributed by atoms with van der Waals surface area (Å²) in [5.74, 6) is 11.8. The van der Waals surface area contributed by atoms with E-state index < -0.39 is 0 Å². The van der Waals surface area contributed by atoms with E-state index in [1.165, 1.54) is 140 Å².